The fourth-order valence-electron chi connectivity index (χ4n) is 2.18. The third kappa shape index (κ3) is 2.19. The molecule has 3 aromatic rings. The molecule has 3 heteroatoms. The van der Waals surface area contributed by atoms with Gasteiger partial charge in [-0.15, -0.1) is 0 Å². The van der Waals surface area contributed by atoms with Crippen molar-refractivity contribution in [1.29, 1.82) is 5.26 Å². The van der Waals surface area contributed by atoms with Gasteiger partial charge in [-0.1, -0.05) is 30.3 Å². The quantitative estimate of drug-likeness (QED) is 0.711. The molecule has 3 rings (SSSR count). The molecule has 96 valence electrons. The Bertz CT molecular complexity index is 858. The minimum absolute atomic E-state index is 0.0420. The molecule has 0 radical (unpaired) electrons. The molecule has 0 aliphatic carbocycles. The van der Waals surface area contributed by atoms with Gasteiger partial charge in [0.25, 0.3) is 0 Å². The van der Waals surface area contributed by atoms with Crippen LogP contribution in [0.3, 0.4) is 0 Å². The number of rotatable bonds is 2. The molecule has 0 N–H and O–H groups in total. The molecule has 20 heavy (non-hydrogen) atoms. The van der Waals surface area contributed by atoms with Crippen LogP contribution < -0.4 is 5.43 Å². The van der Waals surface area contributed by atoms with Crippen molar-refractivity contribution in [2.45, 2.75) is 6.42 Å². The number of nitriles is 1. The van der Waals surface area contributed by atoms with Crippen LogP contribution in [-0.4, -0.2) is 0 Å². The van der Waals surface area contributed by atoms with E-state index < -0.39 is 0 Å². The highest BCUT2D eigenvalue weighted by Gasteiger charge is 2.08. The van der Waals surface area contributed by atoms with Gasteiger partial charge in [-0.25, -0.2) is 0 Å². The van der Waals surface area contributed by atoms with E-state index in [9.17, 15) is 4.79 Å². The highest BCUT2D eigenvalue weighted by Crippen LogP contribution is 2.15. The van der Waals surface area contributed by atoms with E-state index in [0.29, 0.717) is 28.5 Å². The van der Waals surface area contributed by atoms with Crippen molar-refractivity contribution in [3.8, 4) is 6.07 Å². The summed E-state index contributed by atoms with van der Waals surface area (Å²) in [6.07, 6.45) is 2.03. The van der Waals surface area contributed by atoms with Crippen LogP contribution in [0.1, 0.15) is 16.7 Å². The third-order valence-corrected chi connectivity index (χ3v) is 3.21. The molecule has 0 saturated carbocycles. The maximum atomic E-state index is 12.4. The van der Waals surface area contributed by atoms with Gasteiger partial charge < -0.3 is 4.42 Å². The van der Waals surface area contributed by atoms with Gasteiger partial charge >= 0.3 is 0 Å². The van der Waals surface area contributed by atoms with E-state index in [0.717, 1.165) is 5.56 Å². The second-order valence-corrected chi connectivity index (χ2v) is 4.58. The molecule has 0 saturated heterocycles. The lowest BCUT2D eigenvalue weighted by molar-refractivity contribution is 0.594. The second kappa shape index (κ2) is 5.02. The number of nitrogens with zero attached hydrogens (tertiary/aromatic N) is 1. The zero-order valence-corrected chi connectivity index (χ0v) is 10.7. The van der Waals surface area contributed by atoms with Crippen LogP contribution in [0.5, 0.6) is 0 Å². The molecule has 0 unspecified atom stereocenters. The van der Waals surface area contributed by atoms with Crippen molar-refractivity contribution < 1.29 is 4.42 Å². The molecule has 0 bridgehead atoms. The summed E-state index contributed by atoms with van der Waals surface area (Å²) in [7, 11) is 0. The maximum absolute atomic E-state index is 12.4. The van der Waals surface area contributed by atoms with Crippen molar-refractivity contribution in [2.24, 2.45) is 0 Å². The smallest absolute Gasteiger partial charge is 0.196 e. The van der Waals surface area contributed by atoms with Crippen molar-refractivity contribution in [3.05, 3.63) is 81.7 Å². The number of hydrogen-bond donors (Lipinski definition) is 0. The molecule has 1 aromatic heterocycles. The van der Waals surface area contributed by atoms with E-state index >= 15 is 0 Å². The first-order valence-corrected chi connectivity index (χ1v) is 6.26. The van der Waals surface area contributed by atoms with Crippen LogP contribution in [0.25, 0.3) is 11.0 Å². The Kier molecular flexibility index (Phi) is 3.06. The average molecular weight is 261 g/mol. The summed E-state index contributed by atoms with van der Waals surface area (Å²) in [5.41, 5.74) is 2.57. The van der Waals surface area contributed by atoms with Crippen LogP contribution in [-0.2, 0) is 6.42 Å². The molecule has 1 heterocycles. The minimum atomic E-state index is -0.0420. The van der Waals surface area contributed by atoms with Crippen LogP contribution in [0.2, 0.25) is 0 Å². The largest absolute Gasteiger partial charge is 0.464 e. The monoisotopic (exact) mass is 261 g/mol. The van der Waals surface area contributed by atoms with Crippen molar-refractivity contribution in [3.63, 3.8) is 0 Å². The summed E-state index contributed by atoms with van der Waals surface area (Å²) in [5.74, 6) is 0. The number of fused-ring (bicyclic) bond motifs is 1. The van der Waals surface area contributed by atoms with Gasteiger partial charge in [0.15, 0.2) is 5.43 Å². The first-order chi connectivity index (χ1) is 9.78. The van der Waals surface area contributed by atoms with Gasteiger partial charge in [0.2, 0.25) is 0 Å². The highest BCUT2D eigenvalue weighted by atomic mass is 16.3. The normalized spacial score (nSPS) is 10.3. The molecule has 0 atom stereocenters. The summed E-state index contributed by atoms with van der Waals surface area (Å²) >= 11 is 0. The van der Waals surface area contributed by atoms with Crippen molar-refractivity contribution in [1.82, 2.24) is 0 Å². The Morgan fingerprint density at radius 2 is 1.90 bits per heavy atom. The van der Waals surface area contributed by atoms with Crippen LogP contribution >= 0.6 is 0 Å². The lowest BCUT2D eigenvalue weighted by Crippen LogP contribution is -2.09. The zero-order valence-electron chi connectivity index (χ0n) is 10.7. The zero-order chi connectivity index (χ0) is 13.9. The summed E-state index contributed by atoms with van der Waals surface area (Å²) in [6, 6.07) is 16.7. The predicted octanol–water partition coefficient (Wildman–Crippen LogP) is 3.26. The van der Waals surface area contributed by atoms with Crippen molar-refractivity contribution >= 4 is 11.0 Å². The van der Waals surface area contributed by atoms with E-state index in [1.165, 1.54) is 6.26 Å². The summed E-state index contributed by atoms with van der Waals surface area (Å²) in [4.78, 5) is 12.4. The fraction of sp³-hybridized carbons (Fsp3) is 0.0588. The fourth-order valence-corrected chi connectivity index (χ4v) is 2.18. The molecular formula is C17H11NO2. The number of benzene rings is 2. The topological polar surface area (TPSA) is 54.0 Å². The minimum Gasteiger partial charge on any atom is -0.464 e. The van der Waals surface area contributed by atoms with E-state index in [1.54, 1.807) is 18.2 Å². The van der Waals surface area contributed by atoms with Crippen LogP contribution in [0.15, 0.2) is 64.0 Å². The lowest BCUT2D eigenvalue weighted by Gasteiger charge is -2.03. The first-order valence-electron chi connectivity index (χ1n) is 6.26. The second-order valence-electron chi connectivity index (χ2n) is 4.58. The Morgan fingerprint density at radius 3 is 2.65 bits per heavy atom. The highest BCUT2D eigenvalue weighted by molar-refractivity contribution is 5.78. The molecule has 0 aliphatic rings. The van der Waals surface area contributed by atoms with Gasteiger partial charge in [0, 0.05) is 12.0 Å². The maximum Gasteiger partial charge on any atom is 0.196 e. The Morgan fingerprint density at radius 1 is 1.10 bits per heavy atom. The summed E-state index contributed by atoms with van der Waals surface area (Å²) in [6.45, 7) is 0. The van der Waals surface area contributed by atoms with Gasteiger partial charge in [0.1, 0.15) is 5.58 Å². The molecule has 0 fully saturated rings. The molecule has 2 aromatic carbocycles. The van der Waals surface area contributed by atoms with Crippen LogP contribution in [0.4, 0.5) is 0 Å². The van der Waals surface area contributed by atoms with E-state index in [4.69, 9.17) is 9.68 Å². The predicted molar refractivity (Wildman–Crippen MR) is 76.4 cm³/mol. The Hall–Kier alpha value is -2.86. The van der Waals surface area contributed by atoms with E-state index in [-0.39, 0.29) is 5.43 Å². The number of hydrogen-bond acceptors (Lipinski definition) is 3. The van der Waals surface area contributed by atoms with Gasteiger partial charge in [-0.3, -0.25) is 4.79 Å². The summed E-state index contributed by atoms with van der Waals surface area (Å²) in [5, 5.41) is 9.36. The summed E-state index contributed by atoms with van der Waals surface area (Å²) < 4.78 is 5.49. The van der Waals surface area contributed by atoms with Gasteiger partial charge in [0.05, 0.1) is 23.3 Å². The Labute approximate surface area is 115 Å². The Balaban J connectivity index is 2.08. The molecule has 0 spiro atoms. The molecule has 3 nitrogen and oxygen atoms in total. The van der Waals surface area contributed by atoms with Crippen LogP contribution in [0, 0.1) is 11.3 Å². The van der Waals surface area contributed by atoms with Crippen molar-refractivity contribution in [2.75, 3.05) is 0 Å². The molecule has 0 amide bonds. The van der Waals surface area contributed by atoms with Gasteiger partial charge in [-0.2, -0.15) is 5.26 Å². The van der Waals surface area contributed by atoms with E-state index in [1.807, 2.05) is 36.4 Å². The van der Waals surface area contributed by atoms with Gasteiger partial charge in [-0.05, 0) is 23.8 Å². The lowest BCUT2D eigenvalue weighted by atomic mass is 10.0. The molecular weight excluding hydrogens is 250 g/mol. The average Bonchev–Trinajstić information content (AvgIpc) is 2.51. The SMILES string of the molecule is N#Cc1ccc2c(=O)c(Cc3ccccc3)coc2c1. The molecule has 0 aliphatic heterocycles. The van der Waals surface area contributed by atoms with E-state index in [2.05, 4.69) is 0 Å². The standard InChI is InChI=1S/C17H11NO2/c18-10-13-6-7-15-16(9-13)20-11-14(17(15)19)8-12-4-2-1-3-5-12/h1-7,9,11H,8H2. The third-order valence-electron chi connectivity index (χ3n) is 3.21. The first kappa shape index (κ1) is 12.2.